The van der Waals surface area contributed by atoms with Crippen LogP contribution in [0.25, 0.3) is 0 Å². The molecule has 1 aliphatic rings. The maximum absolute atomic E-state index is 11.8. The Balaban J connectivity index is 1.54. The molecule has 0 bridgehead atoms. The molecule has 22 heavy (non-hydrogen) atoms. The fourth-order valence-corrected chi connectivity index (χ4v) is 2.00. The molecule has 0 fully saturated rings. The van der Waals surface area contributed by atoms with Gasteiger partial charge in [-0.05, 0) is 27.6 Å². The van der Waals surface area contributed by atoms with Gasteiger partial charge in [-0.15, -0.1) is 0 Å². The van der Waals surface area contributed by atoms with Gasteiger partial charge in [0.15, 0.2) is 11.5 Å². The molecule has 2 aromatic rings. The number of nitro groups is 1. The standard InChI is InChI=1S/C13H12N4O5/c18-13(6-16-5-12(15-7-16)17(19)20)14-4-9-1-2-10-11(3-9)22-8-21-10/h1-3,5,7H,4,6,8H2,(H,14,18). The Morgan fingerprint density at radius 1 is 1.41 bits per heavy atom. The first-order valence-electron chi connectivity index (χ1n) is 6.43. The van der Waals surface area contributed by atoms with Crippen LogP contribution in [0, 0.1) is 10.1 Å². The fourth-order valence-electron chi connectivity index (χ4n) is 2.00. The number of imidazole rings is 1. The van der Waals surface area contributed by atoms with E-state index in [1.165, 1.54) is 17.1 Å². The summed E-state index contributed by atoms with van der Waals surface area (Å²) in [5.41, 5.74) is 0.870. The van der Waals surface area contributed by atoms with Crippen molar-refractivity contribution in [2.75, 3.05) is 6.79 Å². The highest BCUT2D eigenvalue weighted by atomic mass is 16.7. The van der Waals surface area contributed by atoms with Crippen molar-refractivity contribution < 1.29 is 19.2 Å². The first-order valence-corrected chi connectivity index (χ1v) is 6.43. The van der Waals surface area contributed by atoms with E-state index in [1.54, 1.807) is 12.1 Å². The first-order chi connectivity index (χ1) is 10.6. The van der Waals surface area contributed by atoms with E-state index in [0.717, 1.165) is 5.56 Å². The normalized spacial score (nSPS) is 12.2. The van der Waals surface area contributed by atoms with E-state index >= 15 is 0 Å². The molecular weight excluding hydrogens is 292 g/mol. The van der Waals surface area contributed by atoms with Gasteiger partial charge in [0.05, 0.1) is 0 Å². The SMILES string of the molecule is O=C(Cn1cnc([N+](=O)[O-])c1)NCc1ccc2c(c1)OCO2. The van der Waals surface area contributed by atoms with Gasteiger partial charge in [0, 0.05) is 6.54 Å². The lowest BCUT2D eigenvalue weighted by Crippen LogP contribution is -2.26. The number of fused-ring (bicyclic) bond motifs is 1. The molecule has 0 saturated heterocycles. The maximum Gasteiger partial charge on any atom is 0.381 e. The molecule has 3 rings (SSSR count). The van der Waals surface area contributed by atoms with Gasteiger partial charge in [0.2, 0.25) is 19.0 Å². The van der Waals surface area contributed by atoms with Crippen molar-refractivity contribution in [3.05, 3.63) is 46.4 Å². The third kappa shape index (κ3) is 2.97. The molecule has 9 nitrogen and oxygen atoms in total. The van der Waals surface area contributed by atoms with Gasteiger partial charge in [0.25, 0.3) is 0 Å². The number of rotatable bonds is 5. The molecule has 1 aromatic heterocycles. The summed E-state index contributed by atoms with van der Waals surface area (Å²) in [7, 11) is 0. The van der Waals surface area contributed by atoms with Crippen LogP contribution in [0.4, 0.5) is 5.82 Å². The Labute approximate surface area is 124 Å². The highest BCUT2D eigenvalue weighted by Gasteiger charge is 2.14. The molecule has 2 heterocycles. The lowest BCUT2D eigenvalue weighted by molar-refractivity contribution is -0.389. The Bertz CT molecular complexity index is 727. The number of carbonyl (C=O) groups excluding carboxylic acids is 1. The minimum atomic E-state index is -0.610. The van der Waals surface area contributed by atoms with Crippen molar-refractivity contribution in [2.24, 2.45) is 0 Å². The van der Waals surface area contributed by atoms with E-state index in [0.29, 0.717) is 18.0 Å². The van der Waals surface area contributed by atoms with E-state index < -0.39 is 4.92 Å². The second kappa shape index (κ2) is 5.72. The number of ether oxygens (including phenoxy) is 2. The summed E-state index contributed by atoms with van der Waals surface area (Å²) in [4.78, 5) is 25.3. The zero-order valence-electron chi connectivity index (χ0n) is 11.4. The van der Waals surface area contributed by atoms with Gasteiger partial charge in [-0.3, -0.25) is 4.79 Å². The molecule has 1 aromatic carbocycles. The summed E-state index contributed by atoms with van der Waals surface area (Å²) >= 11 is 0. The predicted octanol–water partition coefficient (Wildman–Crippen LogP) is 0.836. The van der Waals surface area contributed by atoms with Gasteiger partial charge >= 0.3 is 5.82 Å². The van der Waals surface area contributed by atoms with Crippen LogP contribution in [-0.2, 0) is 17.9 Å². The van der Waals surface area contributed by atoms with Crippen molar-refractivity contribution >= 4 is 11.7 Å². The number of hydrogen-bond acceptors (Lipinski definition) is 6. The number of aromatic nitrogens is 2. The largest absolute Gasteiger partial charge is 0.454 e. The average molecular weight is 304 g/mol. The maximum atomic E-state index is 11.8. The molecule has 0 unspecified atom stereocenters. The van der Waals surface area contributed by atoms with Crippen molar-refractivity contribution in [1.82, 2.24) is 14.9 Å². The summed E-state index contributed by atoms with van der Waals surface area (Å²) in [6.07, 6.45) is 2.46. The number of nitrogens with one attached hydrogen (secondary N) is 1. The summed E-state index contributed by atoms with van der Waals surface area (Å²) in [6, 6.07) is 5.41. The molecule has 1 N–H and O–H groups in total. The van der Waals surface area contributed by atoms with Crippen LogP contribution in [0.15, 0.2) is 30.7 Å². The van der Waals surface area contributed by atoms with Crippen molar-refractivity contribution in [3.63, 3.8) is 0 Å². The molecule has 0 saturated carbocycles. The quantitative estimate of drug-likeness (QED) is 0.647. The zero-order chi connectivity index (χ0) is 15.5. The Hall–Kier alpha value is -3.10. The number of nitrogens with zero attached hydrogens (tertiary/aromatic N) is 3. The molecule has 114 valence electrons. The second-order valence-electron chi connectivity index (χ2n) is 4.63. The second-order valence-corrected chi connectivity index (χ2v) is 4.63. The van der Waals surface area contributed by atoms with Crippen LogP contribution in [-0.4, -0.2) is 27.2 Å². The van der Waals surface area contributed by atoms with Gasteiger partial charge in [0.1, 0.15) is 12.7 Å². The van der Waals surface area contributed by atoms with E-state index in [-0.39, 0.29) is 25.1 Å². The van der Waals surface area contributed by atoms with Gasteiger partial charge in [-0.25, -0.2) is 0 Å². The summed E-state index contributed by atoms with van der Waals surface area (Å²) in [6.45, 7) is 0.488. The van der Waals surface area contributed by atoms with Crippen LogP contribution in [0.1, 0.15) is 5.56 Å². The fraction of sp³-hybridized carbons (Fsp3) is 0.231. The zero-order valence-corrected chi connectivity index (χ0v) is 11.4. The minimum Gasteiger partial charge on any atom is -0.454 e. The summed E-state index contributed by atoms with van der Waals surface area (Å²) in [5.74, 6) is 0.770. The number of carbonyl (C=O) groups is 1. The lowest BCUT2D eigenvalue weighted by Gasteiger charge is -2.06. The third-order valence-electron chi connectivity index (χ3n) is 3.06. The molecule has 0 atom stereocenters. The predicted molar refractivity (Wildman–Crippen MR) is 73.3 cm³/mol. The first kappa shape index (κ1) is 13.9. The van der Waals surface area contributed by atoms with Crippen LogP contribution >= 0.6 is 0 Å². The van der Waals surface area contributed by atoms with Crippen LogP contribution in [0.5, 0.6) is 11.5 Å². The third-order valence-corrected chi connectivity index (χ3v) is 3.06. The van der Waals surface area contributed by atoms with Crippen molar-refractivity contribution in [1.29, 1.82) is 0 Å². The molecule has 0 spiro atoms. The molecule has 1 amide bonds. The Morgan fingerprint density at radius 3 is 3.00 bits per heavy atom. The topological polar surface area (TPSA) is 109 Å². The van der Waals surface area contributed by atoms with E-state index in [9.17, 15) is 14.9 Å². The van der Waals surface area contributed by atoms with E-state index in [4.69, 9.17) is 9.47 Å². The monoisotopic (exact) mass is 304 g/mol. The lowest BCUT2D eigenvalue weighted by atomic mass is 10.2. The van der Waals surface area contributed by atoms with Crippen molar-refractivity contribution in [3.8, 4) is 11.5 Å². The molecule has 0 radical (unpaired) electrons. The minimum absolute atomic E-state index is 0.0363. The number of hydrogen-bond donors (Lipinski definition) is 1. The van der Waals surface area contributed by atoms with Gasteiger partial charge in [-0.2, -0.15) is 0 Å². The van der Waals surface area contributed by atoms with Crippen LogP contribution in [0.3, 0.4) is 0 Å². The molecule has 9 heteroatoms. The summed E-state index contributed by atoms with van der Waals surface area (Å²) in [5, 5.41) is 13.2. The Morgan fingerprint density at radius 2 is 2.23 bits per heavy atom. The summed E-state index contributed by atoms with van der Waals surface area (Å²) < 4.78 is 11.8. The highest BCUT2D eigenvalue weighted by molar-refractivity contribution is 5.75. The van der Waals surface area contributed by atoms with Crippen LogP contribution in [0.2, 0.25) is 0 Å². The molecule has 1 aliphatic heterocycles. The van der Waals surface area contributed by atoms with Gasteiger partial charge in [-0.1, -0.05) is 6.07 Å². The van der Waals surface area contributed by atoms with E-state index in [2.05, 4.69) is 10.3 Å². The molecule has 0 aliphatic carbocycles. The average Bonchev–Trinajstić information content (AvgIpc) is 3.13. The number of amides is 1. The highest BCUT2D eigenvalue weighted by Crippen LogP contribution is 2.32. The van der Waals surface area contributed by atoms with Crippen LogP contribution < -0.4 is 14.8 Å². The number of benzene rings is 1. The van der Waals surface area contributed by atoms with Crippen molar-refractivity contribution in [2.45, 2.75) is 13.1 Å². The Kier molecular flexibility index (Phi) is 3.60. The molecular formula is C13H12N4O5. The van der Waals surface area contributed by atoms with Gasteiger partial charge < -0.3 is 29.5 Å². The van der Waals surface area contributed by atoms with E-state index in [1.807, 2.05) is 6.07 Å². The smallest absolute Gasteiger partial charge is 0.381 e.